The summed E-state index contributed by atoms with van der Waals surface area (Å²) in [6.07, 6.45) is 16.6. The van der Waals surface area contributed by atoms with Crippen molar-refractivity contribution in [2.45, 2.75) is 83.7 Å². The number of aromatic nitrogens is 3. The predicted octanol–water partition coefficient (Wildman–Crippen LogP) is 7.13. The fourth-order valence-corrected chi connectivity index (χ4v) is 9.33. The minimum atomic E-state index is -0.674. The third kappa shape index (κ3) is 5.80. The quantitative estimate of drug-likeness (QED) is 0.232. The minimum absolute atomic E-state index is 0.0911. The van der Waals surface area contributed by atoms with Gasteiger partial charge in [-0.05, 0) is 76.9 Å². The van der Waals surface area contributed by atoms with Crippen LogP contribution in [-0.4, -0.2) is 51.7 Å². The Kier molecular flexibility index (Phi) is 8.88. The van der Waals surface area contributed by atoms with E-state index in [0.717, 1.165) is 54.1 Å². The number of imidazole rings is 1. The molecule has 2 fully saturated rings. The Balaban J connectivity index is 1.22. The van der Waals surface area contributed by atoms with Crippen molar-refractivity contribution < 1.29 is 18.8 Å². The van der Waals surface area contributed by atoms with Crippen molar-refractivity contribution in [3.05, 3.63) is 73.8 Å². The van der Waals surface area contributed by atoms with Gasteiger partial charge in [-0.15, -0.1) is 11.3 Å². The van der Waals surface area contributed by atoms with E-state index in [1.54, 1.807) is 17.5 Å². The number of likely N-dealkylation sites (tertiary alicyclic amines) is 1. The molecule has 1 saturated heterocycles. The monoisotopic (exact) mass is 681 g/mol. The number of amides is 2. The second-order valence-electron chi connectivity index (χ2n) is 12.7. The van der Waals surface area contributed by atoms with Gasteiger partial charge in [0.1, 0.15) is 17.6 Å². The van der Waals surface area contributed by atoms with Crippen LogP contribution in [0.4, 0.5) is 4.79 Å². The number of ether oxygens (including phenoxy) is 1. The number of fused-ring (bicyclic) bond motifs is 1. The first kappa shape index (κ1) is 30.8. The highest BCUT2D eigenvalue weighted by molar-refractivity contribution is 9.11. The lowest BCUT2D eigenvalue weighted by atomic mass is 9.83. The highest BCUT2D eigenvalue weighted by Crippen LogP contribution is 2.55. The normalized spacial score (nSPS) is 20.0. The summed E-state index contributed by atoms with van der Waals surface area (Å²) in [5.41, 5.74) is 6.26. The Hall–Kier alpha value is -3.18. The van der Waals surface area contributed by atoms with Crippen molar-refractivity contribution in [1.82, 2.24) is 25.3 Å². The Labute approximate surface area is 270 Å². The average Bonchev–Trinajstić information content (AvgIpc) is 3.85. The van der Waals surface area contributed by atoms with Crippen molar-refractivity contribution in [3.8, 4) is 0 Å². The first-order valence-corrected chi connectivity index (χ1v) is 17.1. The zero-order valence-electron chi connectivity index (χ0n) is 25.6. The molecule has 2 amide bonds. The molecule has 0 unspecified atom stereocenters. The Morgan fingerprint density at radius 1 is 1.27 bits per heavy atom. The molecule has 0 bridgehead atoms. The zero-order chi connectivity index (χ0) is 31.0. The molecule has 2 atom stereocenters. The number of nitrogens with zero attached hydrogens (tertiary/aromatic N) is 3. The number of halogens is 1. The van der Waals surface area contributed by atoms with Crippen LogP contribution in [0.15, 0.2) is 39.4 Å². The fourth-order valence-electron chi connectivity index (χ4n) is 7.36. The smallest absolute Gasteiger partial charge is 0.407 e. The fraction of sp³-hybridized carbons (Fsp3) is 0.515. The van der Waals surface area contributed by atoms with Crippen LogP contribution in [0.2, 0.25) is 0 Å². The van der Waals surface area contributed by atoms with E-state index in [1.165, 1.54) is 52.6 Å². The zero-order valence-corrected chi connectivity index (χ0v) is 28.0. The number of rotatable bonds is 9. The van der Waals surface area contributed by atoms with Crippen LogP contribution in [0.25, 0.3) is 5.57 Å². The predicted molar refractivity (Wildman–Crippen MR) is 173 cm³/mol. The maximum Gasteiger partial charge on any atom is 0.407 e. The molecule has 6 rings (SSSR count). The SMILES string of the molecule is C=C/C=C(\c1cnoc1Cc1cnc([C@@H]2CCCN2C(=O)[C@@H](NC(=O)OC)C(C)C)[nH]1)c1sc(Br)c2c1CC1(CCCC1)C2. The molecule has 44 heavy (non-hydrogen) atoms. The summed E-state index contributed by atoms with van der Waals surface area (Å²) >= 11 is 5.69. The number of hydrogen-bond donors (Lipinski definition) is 2. The first-order valence-electron chi connectivity index (χ1n) is 15.5. The van der Waals surface area contributed by atoms with Gasteiger partial charge in [-0.1, -0.05) is 50.6 Å². The summed E-state index contributed by atoms with van der Waals surface area (Å²) in [5, 5.41) is 6.92. The summed E-state index contributed by atoms with van der Waals surface area (Å²) in [7, 11) is 1.30. The number of methoxy groups -OCH3 is 1. The molecule has 234 valence electrons. The van der Waals surface area contributed by atoms with Gasteiger partial charge in [0.15, 0.2) is 0 Å². The largest absolute Gasteiger partial charge is 0.453 e. The minimum Gasteiger partial charge on any atom is -0.453 e. The molecule has 3 aromatic heterocycles. The molecule has 4 heterocycles. The van der Waals surface area contributed by atoms with Crippen molar-refractivity contribution in [2.24, 2.45) is 11.3 Å². The number of carbonyl (C=O) groups excluding carboxylic acids is 2. The van der Waals surface area contributed by atoms with Gasteiger partial charge in [0.2, 0.25) is 5.91 Å². The summed E-state index contributed by atoms with van der Waals surface area (Å²) < 4.78 is 11.8. The Morgan fingerprint density at radius 2 is 2.05 bits per heavy atom. The summed E-state index contributed by atoms with van der Waals surface area (Å²) in [6.45, 7) is 8.45. The number of aromatic amines is 1. The highest BCUT2D eigenvalue weighted by atomic mass is 79.9. The average molecular weight is 683 g/mol. The molecule has 1 saturated carbocycles. The van der Waals surface area contributed by atoms with E-state index in [0.29, 0.717) is 18.4 Å². The second-order valence-corrected chi connectivity index (χ2v) is 15.1. The van der Waals surface area contributed by atoms with Gasteiger partial charge in [-0.25, -0.2) is 9.78 Å². The number of nitrogens with one attached hydrogen (secondary N) is 2. The van der Waals surface area contributed by atoms with Gasteiger partial charge in [0, 0.05) is 34.4 Å². The van der Waals surface area contributed by atoms with Crippen LogP contribution in [0.5, 0.6) is 0 Å². The van der Waals surface area contributed by atoms with Gasteiger partial charge in [0.05, 0.1) is 29.6 Å². The lowest BCUT2D eigenvalue weighted by Crippen LogP contribution is -2.51. The van der Waals surface area contributed by atoms with Crippen LogP contribution in [0.1, 0.15) is 97.3 Å². The van der Waals surface area contributed by atoms with Crippen LogP contribution in [0, 0.1) is 11.3 Å². The Bertz CT molecular complexity index is 1580. The second kappa shape index (κ2) is 12.7. The maximum atomic E-state index is 13.5. The van der Waals surface area contributed by atoms with Crippen LogP contribution >= 0.6 is 27.3 Å². The molecule has 2 aliphatic carbocycles. The lowest BCUT2D eigenvalue weighted by Gasteiger charge is -2.30. The number of carbonyl (C=O) groups is 2. The summed E-state index contributed by atoms with van der Waals surface area (Å²) in [5.74, 6) is 1.26. The van der Waals surface area contributed by atoms with E-state index in [2.05, 4.69) is 44.0 Å². The highest BCUT2D eigenvalue weighted by Gasteiger charge is 2.43. The number of allylic oxidation sites excluding steroid dienone is 2. The van der Waals surface area contributed by atoms with Gasteiger partial charge in [-0.3, -0.25) is 4.79 Å². The van der Waals surface area contributed by atoms with E-state index in [4.69, 9.17) is 14.2 Å². The van der Waals surface area contributed by atoms with Gasteiger partial charge < -0.3 is 24.5 Å². The van der Waals surface area contributed by atoms with E-state index >= 15 is 0 Å². The first-order chi connectivity index (χ1) is 21.2. The maximum absolute atomic E-state index is 13.5. The molecule has 0 aromatic carbocycles. The van der Waals surface area contributed by atoms with Gasteiger partial charge >= 0.3 is 6.09 Å². The third-order valence-electron chi connectivity index (χ3n) is 9.54. The van der Waals surface area contributed by atoms with Gasteiger partial charge in [0.25, 0.3) is 0 Å². The van der Waals surface area contributed by atoms with E-state index in [-0.39, 0.29) is 17.9 Å². The number of H-pyrrole nitrogens is 1. The summed E-state index contributed by atoms with van der Waals surface area (Å²) in [4.78, 5) is 36.7. The van der Waals surface area contributed by atoms with E-state index < -0.39 is 12.1 Å². The van der Waals surface area contributed by atoms with Crippen molar-refractivity contribution in [1.29, 1.82) is 0 Å². The molecular formula is C33H40BrN5O4S. The van der Waals surface area contributed by atoms with Crippen molar-refractivity contribution in [3.63, 3.8) is 0 Å². The van der Waals surface area contributed by atoms with Crippen LogP contribution < -0.4 is 5.32 Å². The summed E-state index contributed by atoms with van der Waals surface area (Å²) in [6, 6.07) is -0.872. The molecule has 0 radical (unpaired) electrons. The van der Waals surface area contributed by atoms with E-state index in [1.807, 2.05) is 31.0 Å². The lowest BCUT2D eigenvalue weighted by molar-refractivity contribution is -0.135. The molecule has 9 nitrogen and oxygen atoms in total. The molecule has 2 N–H and O–H groups in total. The standard InChI is InChI=1S/C33H40BrN5O4S/c1-5-9-21(28-22-15-33(11-6-7-12-33)16-23(22)29(34)44-28)24-18-36-43-26(24)14-20-17-35-30(37-20)25-10-8-13-39(25)31(40)27(19(2)3)38-32(41)42-4/h5,9,17-19,25,27H,1,6-8,10-16H2,2-4H3,(H,35,37)(H,38,41)/b21-9+/t25-,27-/m0/s1. The molecule has 3 aliphatic rings. The number of thiophene rings is 1. The van der Waals surface area contributed by atoms with Crippen LogP contribution in [-0.2, 0) is 28.8 Å². The van der Waals surface area contributed by atoms with Crippen LogP contribution in [0.3, 0.4) is 0 Å². The molecule has 1 aliphatic heterocycles. The Morgan fingerprint density at radius 3 is 2.77 bits per heavy atom. The molecule has 3 aromatic rings. The van der Waals surface area contributed by atoms with Gasteiger partial charge in [-0.2, -0.15) is 0 Å². The van der Waals surface area contributed by atoms with Crippen molar-refractivity contribution >= 4 is 44.8 Å². The molecular weight excluding hydrogens is 642 g/mol. The molecule has 1 spiro atoms. The van der Waals surface area contributed by atoms with Crippen molar-refractivity contribution in [2.75, 3.05) is 13.7 Å². The topological polar surface area (TPSA) is 113 Å². The molecule has 11 heteroatoms. The number of hydrogen-bond acceptors (Lipinski definition) is 7. The van der Waals surface area contributed by atoms with E-state index in [9.17, 15) is 9.59 Å². The number of alkyl carbamates (subject to hydrolysis) is 1. The third-order valence-corrected chi connectivity index (χ3v) is 11.6.